The zero-order chi connectivity index (χ0) is 19.1. The van der Waals surface area contributed by atoms with E-state index in [1.165, 1.54) is 14.2 Å². The Balaban J connectivity index is 1.86. The molecule has 0 aliphatic heterocycles. The Morgan fingerprint density at radius 2 is 1.59 bits per heavy atom. The van der Waals surface area contributed by atoms with Crippen molar-refractivity contribution < 1.29 is 14.3 Å². The maximum Gasteiger partial charge on any atom is 0.257 e. The van der Waals surface area contributed by atoms with Crippen LogP contribution in [0.3, 0.4) is 0 Å². The number of methoxy groups -OCH3 is 2. The maximum absolute atomic E-state index is 12.9. The van der Waals surface area contributed by atoms with Crippen LogP contribution in [0.25, 0.3) is 0 Å². The summed E-state index contributed by atoms with van der Waals surface area (Å²) in [4.78, 5) is 17.1. The van der Waals surface area contributed by atoms with Crippen LogP contribution in [0.15, 0.2) is 72.8 Å². The first kappa shape index (κ1) is 18.5. The fourth-order valence-electron chi connectivity index (χ4n) is 2.89. The van der Waals surface area contributed by atoms with E-state index in [9.17, 15) is 4.79 Å². The normalized spacial score (nSPS) is 11.5. The Hall–Kier alpha value is -3.34. The molecule has 1 heterocycles. The molecule has 27 heavy (non-hydrogen) atoms. The quantitative estimate of drug-likeness (QED) is 0.694. The lowest BCUT2D eigenvalue weighted by Gasteiger charge is -2.20. The minimum Gasteiger partial charge on any atom is -0.481 e. The van der Waals surface area contributed by atoms with Gasteiger partial charge in [-0.3, -0.25) is 4.79 Å². The van der Waals surface area contributed by atoms with E-state index in [0.717, 1.165) is 11.1 Å². The third kappa shape index (κ3) is 4.64. The second-order valence-corrected chi connectivity index (χ2v) is 6.04. The van der Waals surface area contributed by atoms with Gasteiger partial charge < -0.3 is 14.8 Å². The standard InChI is InChI=1S/C22H22N2O3/c1-26-20-14-13-18(22(24-20)27-2)21(25)23-19(17-11-7-4-8-12-17)15-16-9-5-3-6-10-16/h3-14,19H,15H2,1-2H3,(H,23,25). The van der Waals surface area contributed by atoms with Crippen molar-refractivity contribution in [1.29, 1.82) is 0 Å². The van der Waals surface area contributed by atoms with Gasteiger partial charge in [0, 0.05) is 6.07 Å². The summed E-state index contributed by atoms with van der Waals surface area (Å²) in [7, 11) is 3.00. The van der Waals surface area contributed by atoms with Crippen molar-refractivity contribution in [2.45, 2.75) is 12.5 Å². The molecule has 1 aromatic heterocycles. The van der Waals surface area contributed by atoms with E-state index in [-0.39, 0.29) is 17.8 Å². The van der Waals surface area contributed by atoms with Gasteiger partial charge in [-0.15, -0.1) is 0 Å². The summed E-state index contributed by atoms with van der Waals surface area (Å²) in [5, 5.41) is 3.11. The number of aromatic nitrogens is 1. The van der Waals surface area contributed by atoms with Crippen LogP contribution in [0.4, 0.5) is 0 Å². The predicted octanol–water partition coefficient (Wildman–Crippen LogP) is 3.81. The Kier molecular flexibility index (Phi) is 6.05. The molecule has 0 spiro atoms. The average molecular weight is 362 g/mol. The molecule has 0 saturated heterocycles. The monoisotopic (exact) mass is 362 g/mol. The molecule has 1 atom stereocenters. The van der Waals surface area contributed by atoms with E-state index < -0.39 is 0 Å². The molecule has 0 fully saturated rings. The number of rotatable bonds is 7. The average Bonchev–Trinajstić information content (AvgIpc) is 2.74. The number of hydrogen-bond donors (Lipinski definition) is 1. The summed E-state index contributed by atoms with van der Waals surface area (Å²) in [6.07, 6.45) is 0.683. The van der Waals surface area contributed by atoms with E-state index in [2.05, 4.69) is 22.4 Å². The number of carbonyl (C=O) groups excluding carboxylic acids is 1. The Morgan fingerprint density at radius 3 is 2.22 bits per heavy atom. The number of hydrogen-bond acceptors (Lipinski definition) is 4. The van der Waals surface area contributed by atoms with Crippen molar-refractivity contribution in [2.24, 2.45) is 0 Å². The highest BCUT2D eigenvalue weighted by Crippen LogP contribution is 2.23. The molecule has 0 aliphatic rings. The molecule has 0 radical (unpaired) electrons. The van der Waals surface area contributed by atoms with Gasteiger partial charge in [-0.05, 0) is 23.6 Å². The molecular weight excluding hydrogens is 340 g/mol. The number of pyridine rings is 1. The summed E-state index contributed by atoms with van der Waals surface area (Å²) in [6, 6.07) is 23.1. The third-order valence-corrected chi connectivity index (χ3v) is 4.27. The Bertz CT molecular complexity index is 883. The van der Waals surface area contributed by atoms with E-state index >= 15 is 0 Å². The van der Waals surface area contributed by atoms with Crippen molar-refractivity contribution in [2.75, 3.05) is 14.2 Å². The van der Waals surface area contributed by atoms with Gasteiger partial charge in [0.15, 0.2) is 0 Å². The van der Waals surface area contributed by atoms with E-state index in [0.29, 0.717) is 17.9 Å². The van der Waals surface area contributed by atoms with Crippen LogP contribution >= 0.6 is 0 Å². The second-order valence-electron chi connectivity index (χ2n) is 6.04. The molecule has 0 saturated carbocycles. The van der Waals surface area contributed by atoms with Crippen LogP contribution in [0.2, 0.25) is 0 Å². The van der Waals surface area contributed by atoms with Gasteiger partial charge in [0.05, 0.1) is 20.3 Å². The second kappa shape index (κ2) is 8.85. The van der Waals surface area contributed by atoms with Gasteiger partial charge in [-0.2, -0.15) is 4.98 Å². The van der Waals surface area contributed by atoms with Crippen LogP contribution in [0, 0.1) is 0 Å². The third-order valence-electron chi connectivity index (χ3n) is 4.27. The van der Waals surface area contributed by atoms with Crippen LogP contribution in [0.5, 0.6) is 11.8 Å². The minimum atomic E-state index is -0.244. The molecule has 1 amide bonds. The lowest BCUT2D eigenvalue weighted by molar-refractivity contribution is 0.0932. The number of benzene rings is 2. The topological polar surface area (TPSA) is 60.5 Å². The fourth-order valence-corrected chi connectivity index (χ4v) is 2.89. The smallest absolute Gasteiger partial charge is 0.257 e. The highest BCUT2D eigenvalue weighted by molar-refractivity contribution is 5.96. The minimum absolute atomic E-state index is 0.173. The first-order chi connectivity index (χ1) is 13.2. The van der Waals surface area contributed by atoms with Gasteiger partial charge in [0.1, 0.15) is 5.56 Å². The molecule has 0 aliphatic carbocycles. The summed E-state index contributed by atoms with van der Waals surface area (Å²) in [6.45, 7) is 0. The van der Waals surface area contributed by atoms with Crippen LogP contribution in [-0.4, -0.2) is 25.1 Å². The van der Waals surface area contributed by atoms with Crippen LogP contribution < -0.4 is 14.8 Å². The van der Waals surface area contributed by atoms with Crippen LogP contribution in [-0.2, 0) is 6.42 Å². The largest absolute Gasteiger partial charge is 0.481 e. The zero-order valence-corrected chi connectivity index (χ0v) is 15.4. The van der Waals surface area contributed by atoms with Crippen molar-refractivity contribution in [3.8, 4) is 11.8 Å². The molecule has 0 bridgehead atoms. The van der Waals surface area contributed by atoms with Crippen molar-refractivity contribution in [1.82, 2.24) is 10.3 Å². The molecule has 5 nitrogen and oxygen atoms in total. The SMILES string of the molecule is COc1ccc(C(=O)NC(Cc2ccccc2)c2ccccc2)c(OC)n1. The molecule has 138 valence electrons. The molecule has 1 unspecified atom stereocenters. The summed E-state index contributed by atoms with van der Waals surface area (Å²) in [5.74, 6) is 0.387. The summed E-state index contributed by atoms with van der Waals surface area (Å²) >= 11 is 0. The lowest BCUT2D eigenvalue weighted by atomic mass is 9.98. The molecule has 3 rings (SSSR count). The van der Waals surface area contributed by atoms with Crippen molar-refractivity contribution >= 4 is 5.91 Å². The van der Waals surface area contributed by atoms with Gasteiger partial charge in [-0.1, -0.05) is 60.7 Å². The first-order valence-electron chi connectivity index (χ1n) is 8.70. The molecule has 5 heteroatoms. The van der Waals surface area contributed by atoms with Crippen molar-refractivity contribution in [3.05, 3.63) is 89.5 Å². The van der Waals surface area contributed by atoms with E-state index in [4.69, 9.17) is 9.47 Å². The van der Waals surface area contributed by atoms with E-state index in [1.807, 2.05) is 48.5 Å². The number of carbonyl (C=O) groups is 1. The number of ether oxygens (including phenoxy) is 2. The molecule has 1 N–H and O–H groups in total. The molecule has 3 aromatic rings. The summed E-state index contributed by atoms with van der Waals surface area (Å²) < 4.78 is 10.4. The van der Waals surface area contributed by atoms with Gasteiger partial charge in [-0.25, -0.2) is 0 Å². The lowest BCUT2D eigenvalue weighted by Crippen LogP contribution is -2.30. The highest BCUT2D eigenvalue weighted by Gasteiger charge is 2.20. The van der Waals surface area contributed by atoms with Gasteiger partial charge in [0.2, 0.25) is 11.8 Å². The predicted molar refractivity (Wildman–Crippen MR) is 104 cm³/mol. The zero-order valence-electron chi connectivity index (χ0n) is 15.4. The van der Waals surface area contributed by atoms with Crippen molar-refractivity contribution in [3.63, 3.8) is 0 Å². The molecule has 2 aromatic carbocycles. The van der Waals surface area contributed by atoms with Gasteiger partial charge in [0.25, 0.3) is 5.91 Å². The fraction of sp³-hybridized carbons (Fsp3) is 0.182. The maximum atomic E-state index is 12.9. The Morgan fingerprint density at radius 1 is 0.926 bits per heavy atom. The Labute approximate surface area is 159 Å². The van der Waals surface area contributed by atoms with Crippen LogP contribution in [0.1, 0.15) is 27.5 Å². The van der Waals surface area contributed by atoms with Gasteiger partial charge >= 0.3 is 0 Å². The summed E-state index contributed by atoms with van der Waals surface area (Å²) in [5.41, 5.74) is 2.55. The van der Waals surface area contributed by atoms with E-state index in [1.54, 1.807) is 12.1 Å². The molecular formula is C22H22N2O3. The highest BCUT2D eigenvalue weighted by atomic mass is 16.5. The number of nitrogens with zero attached hydrogens (tertiary/aromatic N) is 1. The number of nitrogens with one attached hydrogen (secondary N) is 1. The first-order valence-corrected chi connectivity index (χ1v) is 8.70. The number of amides is 1.